The van der Waals surface area contributed by atoms with Crippen molar-refractivity contribution < 1.29 is 14.0 Å². The average Bonchev–Trinajstić information content (AvgIpc) is 2.55. The van der Waals surface area contributed by atoms with E-state index in [4.69, 9.17) is 28.6 Å². The van der Waals surface area contributed by atoms with Crippen molar-refractivity contribution in [2.24, 2.45) is 5.10 Å². The van der Waals surface area contributed by atoms with Crippen LogP contribution in [-0.4, -0.2) is 50.7 Å². The molecule has 1 heterocycles. The number of hydrogen-bond acceptors (Lipinski definition) is 3. The molecule has 1 aromatic carbocycles. The lowest BCUT2D eigenvalue weighted by molar-refractivity contribution is -0.908. The maximum atomic E-state index is 13.5. The van der Waals surface area contributed by atoms with E-state index in [9.17, 15) is 4.39 Å². The lowest BCUT2D eigenvalue weighted by Gasteiger charge is -2.23. The Hall–Kier alpha value is -1.28. The molecule has 1 aliphatic heterocycles. The number of benzene rings is 1. The van der Waals surface area contributed by atoms with Gasteiger partial charge in [-0.05, 0) is 24.4 Å². The van der Waals surface area contributed by atoms with Gasteiger partial charge >= 0.3 is 0 Å². The molecular formula is C15H21ClFN4OS+. The lowest BCUT2D eigenvalue weighted by atomic mass is 10.2. The Labute approximate surface area is 145 Å². The van der Waals surface area contributed by atoms with Crippen LogP contribution >= 0.6 is 23.8 Å². The second-order valence-corrected chi connectivity index (χ2v) is 6.04. The maximum Gasteiger partial charge on any atom is 0.186 e. The number of hydrazone groups is 1. The van der Waals surface area contributed by atoms with E-state index in [-0.39, 0.29) is 5.56 Å². The van der Waals surface area contributed by atoms with Crippen LogP contribution in [0.4, 0.5) is 4.39 Å². The van der Waals surface area contributed by atoms with Crippen LogP contribution in [0.3, 0.4) is 0 Å². The summed E-state index contributed by atoms with van der Waals surface area (Å²) in [5, 5.41) is 7.70. The summed E-state index contributed by atoms with van der Waals surface area (Å²) in [6.07, 6.45) is 2.34. The molecule has 1 fully saturated rings. The number of nitrogens with one attached hydrogen (secondary N) is 3. The predicted molar refractivity (Wildman–Crippen MR) is 93.7 cm³/mol. The molecule has 0 saturated carbocycles. The zero-order chi connectivity index (χ0) is 16.5. The van der Waals surface area contributed by atoms with Gasteiger partial charge < -0.3 is 15.0 Å². The van der Waals surface area contributed by atoms with Crippen molar-refractivity contribution in [1.82, 2.24) is 10.7 Å². The zero-order valence-corrected chi connectivity index (χ0v) is 14.4. The van der Waals surface area contributed by atoms with Gasteiger partial charge in [0.05, 0.1) is 31.0 Å². The summed E-state index contributed by atoms with van der Waals surface area (Å²) < 4.78 is 18.9. The summed E-state index contributed by atoms with van der Waals surface area (Å²) in [4.78, 5) is 1.56. The molecule has 1 aliphatic rings. The number of halogens is 2. The molecule has 0 unspecified atom stereocenters. The van der Waals surface area contributed by atoms with Crippen molar-refractivity contribution in [3.8, 4) is 0 Å². The molecule has 23 heavy (non-hydrogen) atoms. The third kappa shape index (κ3) is 6.39. The highest BCUT2D eigenvalue weighted by molar-refractivity contribution is 7.80. The van der Waals surface area contributed by atoms with Crippen molar-refractivity contribution in [3.63, 3.8) is 0 Å². The van der Waals surface area contributed by atoms with Crippen molar-refractivity contribution in [3.05, 3.63) is 34.6 Å². The summed E-state index contributed by atoms with van der Waals surface area (Å²) in [7, 11) is 0. The molecule has 1 aromatic rings. The first-order valence-electron chi connectivity index (χ1n) is 7.59. The minimum atomic E-state index is -0.421. The summed E-state index contributed by atoms with van der Waals surface area (Å²) in [6, 6.07) is 4.49. The van der Waals surface area contributed by atoms with Gasteiger partial charge in [-0.1, -0.05) is 17.7 Å². The molecule has 0 bridgehead atoms. The van der Waals surface area contributed by atoms with Gasteiger partial charge in [0.25, 0.3) is 0 Å². The number of thiocarbonyl (C=S) groups is 1. The molecule has 2 rings (SSSR count). The molecule has 0 aromatic heterocycles. The number of hydrogen-bond donors (Lipinski definition) is 3. The normalized spacial score (nSPS) is 15.7. The van der Waals surface area contributed by atoms with Gasteiger partial charge in [0.1, 0.15) is 18.9 Å². The lowest BCUT2D eigenvalue weighted by Crippen LogP contribution is -3.14. The monoisotopic (exact) mass is 359 g/mol. The first-order valence-corrected chi connectivity index (χ1v) is 8.37. The number of rotatable bonds is 6. The Bertz CT molecular complexity index is 532. The highest BCUT2D eigenvalue weighted by Gasteiger charge is 2.12. The van der Waals surface area contributed by atoms with Gasteiger partial charge in [-0.25, -0.2) is 4.39 Å². The third-order valence-electron chi connectivity index (χ3n) is 3.55. The third-order valence-corrected chi connectivity index (χ3v) is 4.12. The Morgan fingerprint density at radius 1 is 1.43 bits per heavy atom. The molecule has 0 amide bonds. The highest BCUT2D eigenvalue weighted by atomic mass is 35.5. The van der Waals surface area contributed by atoms with Crippen LogP contribution in [-0.2, 0) is 4.74 Å². The molecule has 3 N–H and O–H groups in total. The minimum Gasteiger partial charge on any atom is -0.370 e. The summed E-state index contributed by atoms with van der Waals surface area (Å²) >= 11 is 11.0. The van der Waals surface area contributed by atoms with Crippen LogP contribution in [0.25, 0.3) is 0 Å². The van der Waals surface area contributed by atoms with Gasteiger partial charge in [0, 0.05) is 18.5 Å². The number of quaternary nitrogens is 1. The molecular weight excluding hydrogens is 339 g/mol. The largest absolute Gasteiger partial charge is 0.370 e. The average molecular weight is 360 g/mol. The van der Waals surface area contributed by atoms with Crippen molar-refractivity contribution >= 4 is 35.1 Å². The quantitative estimate of drug-likeness (QED) is 0.301. The van der Waals surface area contributed by atoms with Crippen molar-refractivity contribution in [2.45, 2.75) is 6.42 Å². The van der Waals surface area contributed by atoms with E-state index in [0.717, 1.165) is 45.8 Å². The fourth-order valence-electron chi connectivity index (χ4n) is 2.28. The summed E-state index contributed by atoms with van der Waals surface area (Å²) in [5.74, 6) is -0.421. The predicted octanol–water partition coefficient (Wildman–Crippen LogP) is 0.582. The van der Waals surface area contributed by atoms with Crippen LogP contribution in [0.2, 0.25) is 5.02 Å². The van der Waals surface area contributed by atoms with Crippen molar-refractivity contribution in [1.29, 1.82) is 0 Å². The SMILES string of the molecule is Fc1cccc(Cl)c1/C=N\NC(=S)NCCC[NH+]1CCOCC1. The highest BCUT2D eigenvalue weighted by Crippen LogP contribution is 2.16. The second kappa shape index (κ2) is 9.77. The van der Waals surface area contributed by atoms with E-state index in [1.807, 2.05) is 0 Å². The Kier molecular flexibility index (Phi) is 7.67. The van der Waals surface area contributed by atoms with Gasteiger partial charge in [0.15, 0.2) is 5.11 Å². The van der Waals surface area contributed by atoms with Crippen LogP contribution < -0.4 is 15.6 Å². The number of nitrogens with zero attached hydrogens (tertiary/aromatic N) is 1. The van der Waals surface area contributed by atoms with E-state index in [2.05, 4.69) is 15.8 Å². The van der Waals surface area contributed by atoms with Crippen molar-refractivity contribution in [2.75, 3.05) is 39.4 Å². The van der Waals surface area contributed by atoms with Crippen LogP contribution in [0, 0.1) is 5.82 Å². The fraction of sp³-hybridized carbons (Fsp3) is 0.467. The first kappa shape index (κ1) is 18.1. The molecule has 0 radical (unpaired) electrons. The van der Waals surface area contributed by atoms with Gasteiger partial charge in [-0.2, -0.15) is 5.10 Å². The molecule has 5 nitrogen and oxygen atoms in total. The molecule has 8 heteroatoms. The molecule has 0 aliphatic carbocycles. The number of morpholine rings is 1. The van der Waals surface area contributed by atoms with E-state index < -0.39 is 5.82 Å². The minimum absolute atomic E-state index is 0.236. The van der Waals surface area contributed by atoms with Crippen LogP contribution in [0.5, 0.6) is 0 Å². The van der Waals surface area contributed by atoms with E-state index in [1.165, 1.54) is 12.3 Å². The Balaban J connectivity index is 1.64. The van der Waals surface area contributed by atoms with Crippen LogP contribution in [0.15, 0.2) is 23.3 Å². The molecule has 126 valence electrons. The molecule has 0 spiro atoms. The number of ether oxygens (including phenoxy) is 1. The Morgan fingerprint density at radius 2 is 2.22 bits per heavy atom. The Morgan fingerprint density at radius 3 is 2.96 bits per heavy atom. The topological polar surface area (TPSA) is 50.1 Å². The van der Waals surface area contributed by atoms with E-state index in [1.54, 1.807) is 17.0 Å². The maximum absolute atomic E-state index is 13.5. The fourth-order valence-corrected chi connectivity index (χ4v) is 2.65. The smallest absolute Gasteiger partial charge is 0.186 e. The zero-order valence-electron chi connectivity index (χ0n) is 12.8. The summed E-state index contributed by atoms with van der Waals surface area (Å²) in [6.45, 7) is 5.68. The molecule has 0 atom stereocenters. The van der Waals surface area contributed by atoms with Gasteiger partial charge in [0.2, 0.25) is 0 Å². The molecule has 1 saturated heterocycles. The standard InChI is InChI=1S/C15H20ClFN4OS/c16-13-3-1-4-14(17)12(13)11-19-20-15(23)18-5-2-6-21-7-9-22-10-8-21/h1,3-4,11H,2,5-10H2,(H2,18,20,23)/p+1/b19-11-. The van der Waals surface area contributed by atoms with Crippen LogP contribution in [0.1, 0.15) is 12.0 Å². The van der Waals surface area contributed by atoms with E-state index in [0.29, 0.717) is 10.1 Å². The second-order valence-electron chi connectivity index (χ2n) is 5.23. The van der Waals surface area contributed by atoms with Gasteiger partial charge in [-0.15, -0.1) is 0 Å². The van der Waals surface area contributed by atoms with E-state index >= 15 is 0 Å². The summed E-state index contributed by atoms with van der Waals surface area (Å²) in [5.41, 5.74) is 2.90. The first-order chi connectivity index (χ1) is 11.2. The van der Waals surface area contributed by atoms with Gasteiger partial charge in [-0.3, -0.25) is 5.43 Å².